The Balaban J connectivity index is 2.35. The summed E-state index contributed by atoms with van der Waals surface area (Å²) >= 11 is 5.89. The molecule has 0 aromatic carbocycles. The van der Waals surface area contributed by atoms with Crippen molar-refractivity contribution >= 4 is 35.5 Å². The molecule has 0 unspecified atom stereocenters. The smallest absolute Gasteiger partial charge is 0.326 e. The van der Waals surface area contributed by atoms with Crippen molar-refractivity contribution in [3.8, 4) is 0 Å². The summed E-state index contributed by atoms with van der Waals surface area (Å²) in [5.41, 5.74) is -3.35. The molecule has 2 aliphatic rings. The monoisotopic (exact) mass is 440 g/mol. The molecule has 2 aliphatic heterocycles. The van der Waals surface area contributed by atoms with Gasteiger partial charge in [-0.15, -0.1) is 0 Å². The molecule has 3 heterocycles. The number of ether oxygens (including phenoxy) is 4. The van der Waals surface area contributed by atoms with E-state index >= 15 is 0 Å². The van der Waals surface area contributed by atoms with Gasteiger partial charge in [-0.05, 0) is 18.1 Å². The average Bonchev–Trinajstić information content (AvgIpc) is 3.31. The van der Waals surface area contributed by atoms with Gasteiger partial charge in [0.2, 0.25) is 0 Å². The molecule has 0 spiro atoms. The molecule has 3 rings (SSSR count). The Morgan fingerprint density at radius 2 is 1.60 bits per heavy atom. The highest BCUT2D eigenvalue weighted by Gasteiger charge is 2.80. The number of carbonyl (C=O) groups excluding carboxylic acids is 4. The standard InChI is InChI=1S/C19H21ClN2O8/c1-27-14(23)10-7-18(15(24)28-2)12(9-5-6-11(20)21-8-9)19(13(10)22-18,16(25)29-3)17(26)30-4/h5-6,8,10,12-13,22H,7H2,1-4H3/t10-,12+,13-,18+/m1/s1. The number of esters is 4. The largest absolute Gasteiger partial charge is 0.469 e. The van der Waals surface area contributed by atoms with Crippen molar-refractivity contribution in [3.05, 3.63) is 29.0 Å². The lowest BCUT2D eigenvalue weighted by atomic mass is 9.56. The molecule has 30 heavy (non-hydrogen) atoms. The zero-order valence-electron chi connectivity index (χ0n) is 16.8. The molecular weight excluding hydrogens is 420 g/mol. The summed E-state index contributed by atoms with van der Waals surface area (Å²) in [7, 11) is 4.56. The summed E-state index contributed by atoms with van der Waals surface area (Å²) < 4.78 is 19.8. The van der Waals surface area contributed by atoms with Crippen molar-refractivity contribution in [2.45, 2.75) is 23.9 Å². The van der Waals surface area contributed by atoms with Crippen LogP contribution in [-0.4, -0.2) is 68.9 Å². The Morgan fingerprint density at radius 1 is 1.00 bits per heavy atom. The summed E-state index contributed by atoms with van der Waals surface area (Å²) in [5.74, 6) is -5.54. The number of hydrogen-bond acceptors (Lipinski definition) is 10. The Morgan fingerprint density at radius 3 is 2.07 bits per heavy atom. The molecule has 162 valence electrons. The fraction of sp³-hybridized carbons (Fsp3) is 0.526. The minimum absolute atomic E-state index is 0.0694. The first-order chi connectivity index (χ1) is 14.2. The molecule has 1 aromatic heterocycles. The van der Waals surface area contributed by atoms with Gasteiger partial charge < -0.3 is 18.9 Å². The number of nitrogens with zero attached hydrogens (tertiary/aromatic N) is 1. The van der Waals surface area contributed by atoms with Crippen LogP contribution in [0.2, 0.25) is 5.15 Å². The number of methoxy groups -OCH3 is 4. The van der Waals surface area contributed by atoms with Crippen LogP contribution in [0.25, 0.3) is 0 Å². The van der Waals surface area contributed by atoms with Gasteiger partial charge in [0.1, 0.15) is 10.7 Å². The predicted molar refractivity (Wildman–Crippen MR) is 100 cm³/mol. The summed E-state index contributed by atoms with van der Waals surface area (Å²) in [4.78, 5) is 55.9. The average molecular weight is 441 g/mol. The third-order valence-corrected chi connectivity index (χ3v) is 6.20. The van der Waals surface area contributed by atoms with E-state index in [2.05, 4.69) is 10.3 Å². The number of halogens is 1. The minimum Gasteiger partial charge on any atom is -0.469 e. The van der Waals surface area contributed by atoms with Crippen molar-refractivity contribution in [1.82, 2.24) is 10.3 Å². The van der Waals surface area contributed by atoms with Crippen LogP contribution >= 0.6 is 11.6 Å². The maximum absolute atomic E-state index is 13.2. The van der Waals surface area contributed by atoms with Gasteiger partial charge in [-0.1, -0.05) is 17.7 Å². The van der Waals surface area contributed by atoms with Gasteiger partial charge in [-0.25, -0.2) is 4.98 Å². The van der Waals surface area contributed by atoms with Gasteiger partial charge >= 0.3 is 23.9 Å². The fourth-order valence-electron chi connectivity index (χ4n) is 4.93. The van der Waals surface area contributed by atoms with E-state index in [0.717, 1.165) is 14.2 Å². The van der Waals surface area contributed by atoms with E-state index in [1.165, 1.54) is 26.5 Å². The number of hydrogen-bond donors (Lipinski definition) is 1. The van der Waals surface area contributed by atoms with Gasteiger partial charge in [-0.3, -0.25) is 24.5 Å². The van der Waals surface area contributed by atoms with E-state index in [-0.39, 0.29) is 11.6 Å². The van der Waals surface area contributed by atoms with Crippen molar-refractivity contribution < 1.29 is 38.1 Å². The SMILES string of the molecule is COC(=O)[C@@H]1C[C@]2(C(=O)OC)N[C@H]1C(C(=O)OC)(C(=O)OC)[C@H]2c1ccc(Cl)nc1. The summed E-state index contributed by atoms with van der Waals surface area (Å²) in [5, 5.41) is 3.18. The van der Waals surface area contributed by atoms with Crippen LogP contribution in [0.4, 0.5) is 0 Å². The van der Waals surface area contributed by atoms with Gasteiger partial charge in [-0.2, -0.15) is 0 Å². The van der Waals surface area contributed by atoms with Crippen LogP contribution in [0.5, 0.6) is 0 Å². The molecule has 1 aromatic rings. The molecule has 10 nitrogen and oxygen atoms in total. The van der Waals surface area contributed by atoms with Crippen molar-refractivity contribution in [3.63, 3.8) is 0 Å². The lowest BCUT2D eigenvalue weighted by molar-refractivity contribution is -0.176. The van der Waals surface area contributed by atoms with E-state index in [9.17, 15) is 19.2 Å². The van der Waals surface area contributed by atoms with E-state index in [1.807, 2.05) is 0 Å². The van der Waals surface area contributed by atoms with Crippen molar-refractivity contribution in [1.29, 1.82) is 0 Å². The van der Waals surface area contributed by atoms with Gasteiger partial charge in [0.25, 0.3) is 0 Å². The number of aromatic nitrogens is 1. The highest BCUT2D eigenvalue weighted by molar-refractivity contribution is 6.29. The highest BCUT2D eigenvalue weighted by Crippen LogP contribution is 2.62. The minimum atomic E-state index is -2.08. The normalized spacial score (nSPS) is 28.5. The number of carbonyl (C=O) groups is 4. The van der Waals surface area contributed by atoms with E-state index in [4.69, 9.17) is 30.5 Å². The van der Waals surface area contributed by atoms with Gasteiger partial charge in [0, 0.05) is 18.2 Å². The van der Waals surface area contributed by atoms with E-state index in [1.54, 1.807) is 6.07 Å². The van der Waals surface area contributed by atoms with Crippen LogP contribution in [-0.2, 0) is 38.1 Å². The fourth-order valence-corrected chi connectivity index (χ4v) is 5.04. The van der Waals surface area contributed by atoms with Crippen LogP contribution < -0.4 is 5.32 Å². The van der Waals surface area contributed by atoms with Crippen LogP contribution in [0, 0.1) is 11.3 Å². The molecule has 0 saturated carbocycles. The molecule has 2 fully saturated rings. The third kappa shape index (κ3) is 2.78. The molecular formula is C19H21ClN2O8. The second-order valence-corrected chi connectivity index (χ2v) is 7.51. The molecule has 0 amide bonds. The Labute approximate surface area is 177 Å². The molecule has 1 N–H and O–H groups in total. The summed E-state index contributed by atoms with van der Waals surface area (Å²) in [6, 6.07) is 1.86. The predicted octanol–water partition coefficient (Wildman–Crippen LogP) is 0.228. The quantitative estimate of drug-likeness (QED) is 0.294. The van der Waals surface area contributed by atoms with Crippen LogP contribution in [0.15, 0.2) is 18.3 Å². The maximum Gasteiger partial charge on any atom is 0.326 e. The second-order valence-electron chi connectivity index (χ2n) is 7.12. The maximum atomic E-state index is 13.2. The number of rotatable bonds is 5. The lowest BCUT2D eigenvalue weighted by Crippen LogP contribution is -2.60. The topological polar surface area (TPSA) is 130 Å². The first-order valence-electron chi connectivity index (χ1n) is 8.96. The van der Waals surface area contributed by atoms with Crippen molar-refractivity contribution in [2.24, 2.45) is 11.3 Å². The van der Waals surface area contributed by atoms with E-state index in [0.29, 0.717) is 5.56 Å². The van der Waals surface area contributed by atoms with Crippen LogP contribution in [0.1, 0.15) is 17.9 Å². The number of pyridine rings is 1. The Hall–Kier alpha value is -2.72. The van der Waals surface area contributed by atoms with Crippen LogP contribution in [0.3, 0.4) is 0 Å². The highest BCUT2D eigenvalue weighted by atomic mass is 35.5. The van der Waals surface area contributed by atoms with Gasteiger partial charge in [0.15, 0.2) is 5.41 Å². The Bertz CT molecular complexity index is 873. The molecule has 0 radical (unpaired) electrons. The first-order valence-corrected chi connectivity index (χ1v) is 9.34. The third-order valence-electron chi connectivity index (χ3n) is 5.98. The molecule has 0 aliphatic carbocycles. The molecule has 2 bridgehead atoms. The zero-order valence-corrected chi connectivity index (χ0v) is 17.5. The lowest BCUT2D eigenvalue weighted by Gasteiger charge is -2.43. The van der Waals surface area contributed by atoms with Crippen molar-refractivity contribution in [2.75, 3.05) is 28.4 Å². The zero-order chi connectivity index (χ0) is 22.3. The van der Waals surface area contributed by atoms with E-state index < -0.39 is 52.7 Å². The van der Waals surface area contributed by atoms with Gasteiger partial charge in [0.05, 0.1) is 34.4 Å². The summed E-state index contributed by atoms with van der Waals surface area (Å²) in [6.07, 6.45) is 1.29. The second kappa shape index (κ2) is 7.84. The Kier molecular flexibility index (Phi) is 5.74. The molecule has 4 atom stereocenters. The molecule has 2 saturated heterocycles. The number of nitrogens with one attached hydrogen (secondary N) is 1. The molecule has 11 heteroatoms. The summed E-state index contributed by atoms with van der Waals surface area (Å²) in [6.45, 7) is 0. The number of fused-ring (bicyclic) bond motifs is 2. The first kappa shape index (κ1) is 22.0.